The molecule has 134 valence electrons. The smallest absolute Gasteiger partial charge is 0.239 e. The van der Waals surface area contributed by atoms with E-state index in [9.17, 15) is 0 Å². The molecule has 0 N–H and O–H groups in total. The van der Waals surface area contributed by atoms with E-state index < -0.39 is 0 Å². The second-order valence-corrected chi connectivity index (χ2v) is 8.79. The van der Waals surface area contributed by atoms with Gasteiger partial charge in [-0.3, -0.25) is 4.40 Å². The molecule has 0 saturated heterocycles. The third-order valence-corrected chi connectivity index (χ3v) is 5.35. The highest BCUT2D eigenvalue weighted by Gasteiger charge is 2.24. The quantitative estimate of drug-likeness (QED) is 0.488. The van der Waals surface area contributed by atoms with Crippen LogP contribution < -0.4 is 0 Å². The molecule has 0 spiro atoms. The fraction of sp³-hybridized carbons (Fsp3) is 0.368. The number of thioether (sulfide) groups is 1. The Balaban J connectivity index is 1.74. The summed E-state index contributed by atoms with van der Waals surface area (Å²) in [6, 6.07) is 10.4. The van der Waals surface area contributed by atoms with Crippen molar-refractivity contribution in [3.8, 4) is 0 Å². The lowest BCUT2D eigenvalue weighted by atomic mass is 9.96. The normalized spacial score (nSPS) is 13.6. The number of pyridine rings is 1. The van der Waals surface area contributed by atoms with Gasteiger partial charge in [-0.1, -0.05) is 55.9 Å². The Morgan fingerprint density at radius 2 is 1.92 bits per heavy atom. The molecule has 7 heteroatoms. The van der Waals surface area contributed by atoms with Gasteiger partial charge in [-0.15, -0.1) is 10.2 Å². The number of hydrogen-bond donors (Lipinski definition) is 0. The highest BCUT2D eigenvalue weighted by atomic mass is 32.2. The molecular weight excluding hydrogens is 346 g/mol. The van der Waals surface area contributed by atoms with Crippen LogP contribution in [-0.4, -0.2) is 24.7 Å². The minimum Gasteiger partial charge on any atom is -0.338 e. The second kappa shape index (κ2) is 6.09. The van der Waals surface area contributed by atoms with Crippen molar-refractivity contribution in [2.45, 2.75) is 50.4 Å². The van der Waals surface area contributed by atoms with Gasteiger partial charge in [0.1, 0.15) is 0 Å². The van der Waals surface area contributed by atoms with E-state index in [-0.39, 0.29) is 10.7 Å². The predicted octanol–water partition coefficient (Wildman–Crippen LogP) is 4.72. The van der Waals surface area contributed by atoms with Gasteiger partial charge in [-0.25, -0.2) is 0 Å². The summed E-state index contributed by atoms with van der Waals surface area (Å²) in [7, 11) is 0. The molecule has 1 aromatic carbocycles. The molecule has 0 radical (unpaired) electrons. The van der Waals surface area contributed by atoms with Crippen LogP contribution in [0.15, 0.2) is 40.0 Å². The maximum atomic E-state index is 5.48. The van der Waals surface area contributed by atoms with Crippen molar-refractivity contribution >= 4 is 28.3 Å². The van der Waals surface area contributed by atoms with Gasteiger partial charge in [-0.05, 0) is 31.5 Å². The van der Waals surface area contributed by atoms with Crippen LogP contribution in [0.2, 0.25) is 0 Å². The lowest BCUT2D eigenvalue weighted by Gasteiger charge is -2.11. The Labute approximate surface area is 156 Å². The number of aromatic nitrogens is 5. The molecule has 3 aromatic heterocycles. The van der Waals surface area contributed by atoms with Crippen LogP contribution in [0.4, 0.5) is 0 Å². The fourth-order valence-electron chi connectivity index (χ4n) is 2.86. The first-order valence-corrected chi connectivity index (χ1v) is 9.47. The average Bonchev–Trinajstić information content (AvgIpc) is 3.22. The molecule has 0 saturated carbocycles. The molecule has 6 nitrogen and oxygen atoms in total. The second-order valence-electron chi connectivity index (χ2n) is 7.49. The third kappa shape index (κ3) is 2.86. The fourth-order valence-corrected chi connectivity index (χ4v) is 3.76. The van der Waals surface area contributed by atoms with E-state index in [0.29, 0.717) is 11.7 Å². The molecule has 26 heavy (non-hydrogen) atoms. The maximum Gasteiger partial charge on any atom is 0.239 e. The molecule has 3 heterocycles. The van der Waals surface area contributed by atoms with Crippen LogP contribution in [-0.2, 0) is 5.41 Å². The molecule has 0 aliphatic rings. The lowest BCUT2D eigenvalue weighted by molar-refractivity contribution is 0.364. The Hall–Kier alpha value is -2.41. The summed E-state index contributed by atoms with van der Waals surface area (Å²) in [6.45, 7) is 10.3. The van der Waals surface area contributed by atoms with Gasteiger partial charge in [0.15, 0.2) is 16.6 Å². The van der Waals surface area contributed by atoms with E-state index >= 15 is 0 Å². The number of nitrogens with zero attached hydrogens (tertiary/aromatic N) is 5. The van der Waals surface area contributed by atoms with Crippen LogP contribution in [0.25, 0.3) is 16.6 Å². The van der Waals surface area contributed by atoms with Crippen LogP contribution in [0, 0.1) is 6.92 Å². The third-order valence-electron chi connectivity index (χ3n) is 4.32. The lowest BCUT2D eigenvalue weighted by Crippen LogP contribution is -2.13. The van der Waals surface area contributed by atoms with Gasteiger partial charge in [-0.2, -0.15) is 4.98 Å². The first-order valence-electron chi connectivity index (χ1n) is 8.59. The Bertz CT molecular complexity index is 1090. The zero-order chi connectivity index (χ0) is 18.5. The molecule has 0 fully saturated rings. The topological polar surface area (TPSA) is 69.1 Å². The minimum atomic E-state index is -0.137. The van der Waals surface area contributed by atoms with E-state index in [2.05, 4.69) is 70.6 Å². The molecule has 4 aromatic rings. The van der Waals surface area contributed by atoms with Crippen molar-refractivity contribution in [3.05, 3.63) is 47.6 Å². The summed E-state index contributed by atoms with van der Waals surface area (Å²) in [6.07, 6.45) is 0. The molecule has 0 bridgehead atoms. The van der Waals surface area contributed by atoms with Gasteiger partial charge >= 0.3 is 0 Å². The largest absolute Gasteiger partial charge is 0.338 e. The first-order chi connectivity index (χ1) is 12.3. The molecule has 1 unspecified atom stereocenters. The standard InChI is InChI=1S/C19H21N5OS/c1-11-10-15-21-22-18(24(15)14-9-7-6-8-13(11)14)26-12(2)16-20-17(23-25-16)19(3,4)5/h6-10,12H,1-5H3. The van der Waals surface area contributed by atoms with Crippen LogP contribution >= 0.6 is 11.8 Å². The summed E-state index contributed by atoms with van der Waals surface area (Å²) in [5, 5.41) is 14.9. The van der Waals surface area contributed by atoms with E-state index in [0.717, 1.165) is 16.3 Å². The number of benzene rings is 1. The van der Waals surface area contributed by atoms with E-state index in [1.807, 2.05) is 19.1 Å². The van der Waals surface area contributed by atoms with E-state index in [1.54, 1.807) is 11.8 Å². The van der Waals surface area contributed by atoms with Gasteiger partial charge in [0, 0.05) is 10.8 Å². The molecule has 1 atom stereocenters. The zero-order valence-corrected chi connectivity index (χ0v) is 16.3. The van der Waals surface area contributed by atoms with Crippen molar-refractivity contribution in [3.63, 3.8) is 0 Å². The number of para-hydroxylation sites is 1. The molecule has 0 aliphatic carbocycles. The van der Waals surface area contributed by atoms with Crippen molar-refractivity contribution < 1.29 is 4.52 Å². The maximum absolute atomic E-state index is 5.48. The zero-order valence-electron chi connectivity index (χ0n) is 15.5. The number of fused-ring (bicyclic) bond motifs is 3. The Morgan fingerprint density at radius 3 is 2.65 bits per heavy atom. The molecule has 0 aliphatic heterocycles. The van der Waals surface area contributed by atoms with Gasteiger partial charge in [0.25, 0.3) is 0 Å². The van der Waals surface area contributed by atoms with Crippen LogP contribution in [0.3, 0.4) is 0 Å². The van der Waals surface area contributed by atoms with Crippen LogP contribution in [0.1, 0.15) is 50.2 Å². The highest BCUT2D eigenvalue weighted by Crippen LogP contribution is 2.35. The first kappa shape index (κ1) is 17.0. The number of hydrogen-bond acceptors (Lipinski definition) is 6. The van der Waals surface area contributed by atoms with Gasteiger partial charge in [0.2, 0.25) is 5.89 Å². The highest BCUT2D eigenvalue weighted by molar-refractivity contribution is 7.99. The monoisotopic (exact) mass is 367 g/mol. The van der Waals surface area contributed by atoms with Gasteiger partial charge in [0.05, 0.1) is 10.8 Å². The minimum absolute atomic E-state index is 0.0222. The van der Waals surface area contributed by atoms with E-state index in [1.165, 1.54) is 10.9 Å². The van der Waals surface area contributed by atoms with Crippen molar-refractivity contribution in [1.29, 1.82) is 0 Å². The van der Waals surface area contributed by atoms with E-state index in [4.69, 9.17) is 4.52 Å². The molecular formula is C19H21N5OS. The predicted molar refractivity (Wildman–Crippen MR) is 103 cm³/mol. The van der Waals surface area contributed by atoms with Crippen molar-refractivity contribution in [2.75, 3.05) is 0 Å². The summed E-state index contributed by atoms with van der Waals surface area (Å²) < 4.78 is 7.57. The average molecular weight is 367 g/mol. The summed E-state index contributed by atoms with van der Waals surface area (Å²) >= 11 is 1.57. The summed E-state index contributed by atoms with van der Waals surface area (Å²) in [5.74, 6) is 1.32. The molecule has 0 amide bonds. The number of rotatable bonds is 3. The van der Waals surface area contributed by atoms with Crippen LogP contribution in [0.5, 0.6) is 0 Å². The number of aryl methyl sites for hydroxylation is 1. The molecule has 4 rings (SSSR count). The van der Waals surface area contributed by atoms with Crippen molar-refractivity contribution in [2.24, 2.45) is 0 Å². The Kier molecular flexibility index (Phi) is 3.99. The Morgan fingerprint density at radius 1 is 1.15 bits per heavy atom. The van der Waals surface area contributed by atoms with Crippen molar-refractivity contribution in [1.82, 2.24) is 24.7 Å². The summed E-state index contributed by atoms with van der Waals surface area (Å²) in [4.78, 5) is 4.56. The SMILES string of the molecule is Cc1cc2nnc(SC(C)c3nc(C(C)(C)C)no3)n2c2ccccc12. The summed E-state index contributed by atoms with van der Waals surface area (Å²) in [5.41, 5.74) is 3.00. The van der Waals surface area contributed by atoms with Gasteiger partial charge < -0.3 is 4.52 Å².